The molecule has 0 bridgehead atoms. The molecule has 4 aliphatic carbocycles. The third-order valence-electron chi connectivity index (χ3n) is 8.59. The number of fused-ring (bicyclic) bond motifs is 5. The van der Waals surface area contributed by atoms with Gasteiger partial charge < -0.3 is 10.2 Å². The van der Waals surface area contributed by atoms with Crippen LogP contribution in [0.3, 0.4) is 0 Å². The summed E-state index contributed by atoms with van der Waals surface area (Å²) < 4.78 is 0. The monoisotopic (exact) mass is 358 g/mol. The van der Waals surface area contributed by atoms with Crippen LogP contribution in [0.5, 0.6) is 0 Å². The minimum atomic E-state index is -0.867. The van der Waals surface area contributed by atoms with Gasteiger partial charge in [0.1, 0.15) is 0 Å². The second kappa shape index (κ2) is 5.79. The molecule has 4 nitrogen and oxygen atoms in total. The summed E-state index contributed by atoms with van der Waals surface area (Å²) in [5, 5.41) is 20.5. The molecule has 0 aromatic heterocycles. The fourth-order valence-electron chi connectivity index (χ4n) is 6.83. The Morgan fingerprint density at radius 3 is 2.65 bits per heavy atom. The van der Waals surface area contributed by atoms with Crippen LogP contribution >= 0.6 is 0 Å². The molecule has 2 fully saturated rings. The quantitative estimate of drug-likeness (QED) is 0.802. The van der Waals surface area contributed by atoms with Crippen LogP contribution in [0, 0.1) is 28.6 Å². The van der Waals surface area contributed by atoms with Crippen LogP contribution in [0.1, 0.15) is 65.2 Å². The van der Waals surface area contributed by atoms with Gasteiger partial charge in [-0.05, 0) is 78.8 Å². The van der Waals surface area contributed by atoms with E-state index in [1.54, 1.807) is 0 Å². The van der Waals surface area contributed by atoms with Gasteiger partial charge in [0, 0.05) is 12.8 Å². The highest BCUT2D eigenvalue weighted by molar-refractivity contribution is 5.92. The Bertz CT molecular complexity index is 707. The number of aliphatic carboxylic acids is 1. The van der Waals surface area contributed by atoms with Gasteiger partial charge in [0.15, 0.2) is 5.78 Å². The summed E-state index contributed by atoms with van der Waals surface area (Å²) in [5.41, 5.74) is 0.179. The molecule has 6 atom stereocenters. The molecule has 142 valence electrons. The molecule has 0 aromatic rings. The van der Waals surface area contributed by atoms with E-state index in [4.69, 9.17) is 5.11 Å². The summed E-state index contributed by atoms with van der Waals surface area (Å²) in [4.78, 5) is 22.9. The van der Waals surface area contributed by atoms with E-state index in [0.29, 0.717) is 37.0 Å². The number of carbonyl (C=O) groups excluding carboxylic acids is 1. The highest BCUT2D eigenvalue weighted by Gasteiger charge is 2.62. The first-order valence-corrected chi connectivity index (χ1v) is 10.1. The SMILES string of the molecule is CC12CCC(=O)C=C1C=CC1C2CCC2(C)C1CC[C@@]2(O)CCC(=O)O. The van der Waals surface area contributed by atoms with Gasteiger partial charge in [-0.3, -0.25) is 9.59 Å². The molecule has 0 spiro atoms. The van der Waals surface area contributed by atoms with Gasteiger partial charge in [-0.15, -0.1) is 0 Å². The fraction of sp³-hybridized carbons (Fsp3) is 0.727. The zero-order valence-corrected chi connectivity index (χ0v) is 15.8. The second-order valence-electron chi connectivity index (χ2n) is 9.55. The van der Waals surface area contributed by atoms with Crippen molar-refractivity contribution in [3.63, 3.8) is 0 Å². The van der Waals surface area contributed by atoms with Crippen LogP contribution in [0.4, 0.5) is 0 Å². The van der Waals surface area contributed by atoms with Crippen LogP contribution in [-0.4, -0.2) is 27.6 Å². The fourth-order valence-corrected chi connectivity index (χ4v) is 6.83. The van der Waals surface area contributed by atoms with Crippen molar-refractivity contribution in [3.8, 4) is 0 Å². The summed E-state index contributed by atoms with van der Waals surface area (Å²) in [6.45, 7) is 4.51. The maximum atomic E-state index is 11.9. The molecule has 4 heteroatoms. The molecule has 4 aliphatic rings. The number of ketones is 1. The van der Waals surface area contributed by atoms with E-state index in [0.717, 1.165) is 25.7 Å². The minimum Gasteiger partial charge on any atom is -0.481 e. The number of carboxylic acids is 1. The molecule has 0 amide bonds. The number of aliphatic hydroxyl groups is 1. The van der Waals surface area contributed by atoms with Crippen LogP contribution in [0.15, 0.2) is 23.8 Å². The molecule has 2 saturated carbocycles. The Morgan fingerprint density at radius 2 is 1.92 bits per heavy atom. The average Bonchev–Trinajstić information content (AvgIpc) is 2.86. The lowest BCUT2D eigenvalue weighted by molar-refractivity contribution is -0.144. The Hall–Kier alpha value is -1.42. The molecule has 26 heavy (non-hydrogen) atoms. The molecule has 2 N–H and O–H groups in total. The van der Waals surface area contributed by atoms with Crippen molar-refractivity contribution in [2.45, 2.75) is 70.8 Å². The first-order valence-electron chi connectivity index (χ1n) is 10.1. The highest BCUT2D eigenvalue weighted by Crippen LogP contribution is 2.66. The maximum Gasteiger partial charge on any atom is 0.303 e. The number of allylic oxidation sites excluding steroid dienone is 4. The second-order valence-corrected chi connectivity index (χ2v) is 9.55. The van der Waals surface area contributed by atoms with E-state index in [-0.39, 0.29) is 23.0 Å². The van der Waals surface area contributed by atoms with E-state index in [1.807, 2.05) is 6.08 Å². The number of hydrogen-bond acceptors (Lipinski definition) is 3. The van der Waals surface area contributed by atoms with Gasteiger partial charge in [0.25, 0.3) is 0 Å². The number of carboxylic acid groups (broad SMARTS) is 1. The van der Waals surface area contributed by atoms with Crippen molar-refractivity contribution >= 4 is 11.8 Å². The summed E-state index contributed by atoms with van der Waals surface area (Å²) in [6.07, 6.45) is 11.9. The lowest BCUT2D eigenvalue weighted by Gasteiger charge is -2.57. The van der Waals surface area contributed by atoms with Gasteiger partial charge in [-0.1, -0.05) is 26.0 Å². The lowest BCUT2D eigenvalue weighted by atomic mass is 9.48. The normalized spacial score (nSPS) is 47.0. The molecule has 0 aromatic carbocycles. The van der Waals surface area contributed by atoms with Gasteiger partial charge in [-0.25, -0.2) is 0 Å². The minimum absolute atomic E-state index is 0.0372. The largest absolute Gasteiger partial charge is 0.481 e. The van der Waals surface area contributed by atoms with E-state index in [2.05, 4.69) is 26.0 Å². The predicted molar refractivity (Wildman–Crippen MR) is 98.4 cm³/mol. The van der Waals surface area contributed by atoms with Crippen LogP contribution in [0.2, 0.25) is 0 Å². The number of rotatable bonds is 3. The van der Waals surface area contributed by atoms with Crippen molar-refractivity contribution in [1.29, 1.82) is 0 Å². The molecule has 0 aliphatic heterocycles. The Labute approximate surface area is 155 Å². The van der Waals surface area contributed by atoms with Crippen molar-refractivity contribution in [1.82, 2.24) is 0 Å². The Balaban J connectivity index is 1.66. The molecule has 5 unspecified atom stereocenters. The third kappa shape index (κ3) is 2.37. The summed E-state index contributed by atoms with van der Waals surface area (Å²) >= 11 is 0. The summed E-state index contributed by atoms with van der Waals surface area (Å²) in [6, 6.07) is 0. The first kappa shape index (κ1) is 18.0. The van der Waals surface area contributed by atoms with Gasteiger partial charge in [0.05, 0.1) is 5.60 Å². The van der Waals surface area contributed by atoms with Crippen LogP contribution in [0.25, 0.3) is 0 Å². The van der Waals surface area contributed by atoms with Crippen LogP contribution in [-0.2, 0) is 9.59 Å². The molecule has 0 radical (unpaired) electrons. The van der Waals surface area contributed by atoms with Crippen LogP contribution < -0.4 is 0 Å². The van der Waals surface area contributed by atoms with E-state index in [9.17, 15) is 14.7 Å². The average molecular weight is 358 g/mol. The van der Waals surface area contributed by atoms with Crippen molar-refractivity contribution < 1.29 is 19.8 Å². The number of hydrogen-bond donors (Lipinski definition) is 2. The topological polar surface area (TPSA) is 74.6 Å². The molecular formula is C22H30O4. The predicted octanol–water partition coefficient (Wildman–Crippen LogP) is 3.89. The molecule has 4 rings (SSSR count). The van der Waals surface area contributed by atoms with Crippen molar-refractivity contribution in [2.24, 2.45) is 28.6 Å². The molecular weight excluding hydrogens is 328 g/mol. The molecule has 0 saturated heterocycles. The van der Waals surface area contributed by atoms with E-state index >= 15 is 0 Å². The maximum absolute atomic E-state index is 11.9. The first-order chi connectivity index (χ1) is 12.2. The lowest BCUT2D eigenvalue weighted by Crippen LogP contribution is -2.53. The summed E-state index contributed by atoms with van der Waals surface area (Å²) in [7, 11) is 0. The van der Waals surface area contributed by atoms with E-state index in [1.165, 1.54) is 5.57 Å². The van der Waals surface area contributed by atoms with Crippen molar-refractivity contribution in [2.75, 3.05) is 0 Å². The van der Waals surface area contributed by atoms with E-state index < -0.39 is 11.6 Å². The number of carbonyl (C=O) groups is 2. The van der Waals surface area contributed by atoms with Gasteiger partial charge in [-0.2, -0.15) is 0 Å². The van der Waals surface area contributed by atoms with Gasteiger partial charge in [0.2, 0.25) is 0 Å². The summed E-state index contributed by atoms with van der Waals surface area (Å²) in [5.74, 6) is 0.748. The van der Waals surface area contributed by atoms with Gasteiger partial charge >= 0.3 is 5.97 Å². The zero-order valence-electron chi connectivity index (χ0n) is 15.8. The smallest absolute Gasteiger partial charge is 0.303 e. The van der Waals surface area contributed by atoms with Crippen molar-refractivity contribution in [3.05, 3.63) is 23.8 Å². The Kier molecular flexibility index (Phi) is 4.00. The standard InChI is InChI=1S/C22H30O4/c1-20-9-5-15(23)13-14(20)3-4-16-17(20)6-10-21(2)18(16)7-11-22(21,26)12-8-19(24)25/h3-4,13,16-18,26H,5-12H2,1-2H3,(H,24,25)/t16?,17?,18?,20?,21?,22-/m1/s1. The Morgan fingerprint density at radius 1 is 1.19 bits per heavy atom. The highest BCUT2D eigenvalue weighted by atomic mass is 16.4. The molecule has 0 heterocycles. The third-order valence-corrected chi connectivity index (χ3v) is 8.59. The zero-order chi connectivity index (χ0) is 18.7.